The Balaban J connectivity index is 1.66. The molecule has 0 aromatic carbocycles. The van der Waals surface area contributed by atoms with E-state index < -0.39 is 0 Å². The van der Waals surface area contributed by atoms with Gasteiger partial charge in [0.1, 0.15) is 0 Å². The number of carbonyl (C=O) groups is 1. The molecule has 7 heteroatoms. The molecule has 3 heterocycles. The first-order valence-electron chi connectivity index (χ1n) is 8.66. The van der Waals surface area contributed by atoms with Gasteiger partial charge in [-0.1, -0.05) is 0 Å². The smallest absolute Gasteiger partial charge is 0.220 e. The lowest BCUT2D eigenvalue weighted by Gasteiger charge is -2.23. The van der Waals surface area contributed by atoms with Gasteiger partial charge in [-0.05, 0) is 25.0 Å². The van der Waals surface area contributed by atoms with Gasteiger partial charge in [0.05, 0.1) is 17.8 Å². The molecular formula is C18H26N4O2S. The second kappa shape index (κ2) is 8.60. The Morgan fingerprint density at radius 3 is 3.12 bits per heavy atom. The van der Waals surface area contributed by atoms with E-state index in [2.05, 4.69) is 45.0 Å². The van der Waals surface area contributed by atoms with E-state index in [1.54, 1.807) is 18.4 Å². The van der Waals surface area contributed by atoms with Gasteiger partial charge in [0.2, 0.25) is 5.91 Å². The predicted molar refractivity (Wildman–Crippen MR) is 98.4 cm³/mol. The Kier molecular flexibility index (Phi) is 6.23. The molecule has 0 saturated heterocycles. The van der Waals surface area contributed by atoms with Crippen molar-refractivity contribution in [3.63, 3.8) is 0 Å². The fourth-order valence-corrected chi connectivity index (χ4v) is 4.14. The number of ether oxygens (including phenoxy) is 1. The minimum Gasteiger partial charge on any atom is -0.383 e. The zero-order chi connectivity index (χ0) is 17.6. The molecule has 2 aromatic rings. The van der Waals surface area contributed by atoms with Crippen LogP contribution in [0.25, 0.3) is 0 Å². The van der Waals surface area contributed by atoms with Crippen molar-refractivity contribution in [2.45, 2.75) is 33.0 Å². The van der Waals surface area contributed by atoms with Crippen LogP contribution < -0.4 is 5.32 Å². The lowest BCUT2D eigenvalue weighted by molar-refractivity contribution is -0.122. The van der Waals surface area contributed by atoms with Gasteiger partial charge >= 0.3 is 0 Å². The normalized spacial score (nSPS) is 17.9. The van der Waals surface area contributed by atoms with Gasteiger partial charge in [0.15, 0.2) is 0 Å². The first-order valence-corrected chi connectivity index (χ1v) is 9.54. The SMILES string of the molecule is COCCNC(=O)C[C@@H]1CN(Cc2scnc2C)Cc2cccn2C1. The van der Waals surface area contributed by atoms with Crippen molar-refractivity contribution in [2.24, 2.45) is 5.92 Å². The van der Waals surface area contributed by atoms with Gasteiger partial charge in [-0.2, -0.15) is 0 Å². The minimum atomic E-state index is 0.103. The van der Waals surface area contributed by atoms with Gasteiger partial charge in [-0.25, -0.2) is 4.98 Å². The number of aryl methyl sites for hydroxylation is 1. The Labute approximate surface area is 152 Å². The number of fused-ring (bicyclic) bond motifs is 1. The van der Waals surface area contributed by atoms with Gasteiger partial charge in [-0.3, -0.25) is 9.69 Å². The van der Waals surface area contributed by atoms with Crippen molar-refractivity contribution in [1.82, 2.24) is 19.8 Å². The highest BCUT2D eigenvalue weighted by Gasteiger charge is 2.24. The van der Waals surface area contributed by atoms with Crippen LogP contribution in [-0.4, -0.2) is 47.2 Å². The van der Waals surface area contributed by atoms with E-state index in [0.717, 1.165) is 31.9 Å². The molecule has 1 aliphatic rings. The van der Waals surface area contributed by atoms with Crippen LogP contribution in [0, 0.1) is 12.8 Å². The van der Waals surface area contributed by atoms with Crippen LogP contribution >= 0.6 is 11.3 Å². The second-order valence-electron chi connectivity index (χ2n) is 6.60. The topological polar surface area (TPSA) is 59.4 Å². The molecule has 2 aromatic heterocycles. The second-order valence-corrected chi connectivity index (χ2v) is 7.53. The summed E-state index contributed by atoms with van der Waals surface area (Å²) in [6.45, 7) is 6.78. The molecule has 0 aliphatic carbocycles. The standard InChI is InChI=1S/C18H26N4O2S/c1-14-17(25-13-20-14)12-21-9-15(8-18(23)19-5-7-24-2)10-22-6-3-4-16(22)11-21/h3-4,6,13,15H,5,7-12H2,1-2H3,(H,19,23)/t15-/m1/s1. The fourth-order valence-electron chi connectivity index (χ4n) is 3.32. The van der Waals surface area contributed by atoms with E-state index in [9.17, 15) is 4.79 Å². The van der Waals surface area contributed by atoms with Crippen LogP contribution in [0.4, 0.5) is 0 Å². The molecule has 1 aliphatic heterocycles. The maximum atomic E-state index is 12.2. The van der Waals surface area contributed by atoms with Crippen molar-refractivity contribution < 1.29 is 9.53 Å². The van der Waals surface area contributed by atoms with E-state index in [0.29, 0.717) is 25.5 Å². The molecule has 0 fully saturated rings. The van der Waals surface area contributed by atoms with Crippen molar-refractivity contribution >= 4 is 17.2 Å². The van der Waals surface area contributed by atoms with Gasteiger partial charge in [-0.15, -0.1) is 11.3 Å². The molecule has 6 nitrogen and oxygen atoms in total. The number of nitrogens with one attached hydrogen (secondary N) is 1. The van der Waals surface area contributed by atoms with Crippen molar-refractivity contribution in [1.29, 1.82) is 0 Å². The Morgan fingerprint density at radius 2 is 2.36 bits per heavy atom. The van der Waals surface area contributed by atoms with E-state index >= 15 is 0 Å². The van der Waals surface area contributed by atoms with Crippen LogP contribution in [0.3, 0.4) is 0 Å². The van der Waals surface area contributed by atoms with E-state index in [1.165, 1.54) is 10.6 Å². The number of carbonyl (C=O) groups excluding carboxylic acids is 1. The monoisotopic (exact) mass is 362 g/mol. The molecule has 136 valence electrons. The molecule has 1 atom stereocenters. The molecule has 3 rings (SSSR count). The van der Waals surface area contributed by atoms with E-state index in [-0.39, 0.29) is 5.91 Å². The summed E-state index contributed by atoms with van der Waals surface area (Å²) in [5.41, 5.74) is 4.33. The maximum Gasteiger partial charge on any atom is 0.220 e. The number of methoxy groups -OCH3 is 1. The highest BCUT2D eigenvalue weighted by molar-refractivity contribution is 7.09. The third-order valence-electron chi connectivity index (χ3n) is 4.59. The molecular weight excluding hydrogens is 336 g/mol. The predicted octanol–water partition coefficient (Wildman–Crippen LogP) is 2.04. The van der Waals surface area contributed by atoms with Crippen LogP contribution in [0.15, 0.2) is 23.8 Å². The molecule has 1 amide bonds. The van der Waals surface area contributed by atoms with E-state index in [4.69, 9.17) is 4.74 Å². The average molecular weight is 362 g/mol. The summed E-state index contributed by atoms with van der Waals surface area (Å²) in [6.07, 6.45) is 2.66. The highest BCUT2D eigenvalue weighted by Crippen LogP contribution is 2.23. The summed E-state index contributed by atoms with van der Waals surface area (Å²) in [7, 11) is 1.64. The number of aromatic nitrogens is 2. The van der Waals surface area contributed by atoms with Crippen LogP contribution in [0.2, 0.25) is 0 Å². The average Bonchev–Trinajstić information content (AvgIpc) is 3.13. The summed E-state index contributed by atoms with van der Waals surface area (Å²) in [5, 5.41) is 2.94. The minimum absolute atomic E-state index is 0.103. The van der Waals surface area contributed by atoms with Crippen molar-refractivity contribution in [3.05, 3.63) is 40.1 Å². The van der Waals surface area contributed by atoms with E-state index in [1.807, 2.05) is 5.51 Å². The number of nitrogens with zero attached hydrogens (tertiary/aromatic N) is 3. The Hall–Kier alpha value is -1.70. The number of hydrogen-bond donors (Lipinski definition) is 1. The number of hydrogen-bond acceptors (Lipinski definition) is 5. The zero-order valence-electron chi connectivity index (χ0n) is 14.9. The third-order valence-corrected chi connectivity index (χ3v) is 5.51. The van der Waals surface area contributed by atoms with Crippen molar-refractivity contribution in [3.8, 4) is 0 Å². The summed E-state index contributed by atoms with van der Waals surface area (Å²) < 4.78 is 7.28. The van der Waals surface area contributed by atoms with Gasteiger partial charge < -0.3 is 14.6 Å². The lowest BCUT2D eigenvalue weighted by Crippen LogP contribution is -2.33. The molecule has 0 saturated carbocycles. The first kappa shape index (κ1) is 18.1. The number of thiazole rings is 1. The molecule has 0 radical (unpaired) electrons. The molecule has 0 spiro atoms. The molecule has 1 N–H and O–H groups in total. The maximum absolute atomic E-state index is 12.2. The Bertz CT molecular complexity index is 697. The number of rotatable bonds is 7. The lowest BCUT2D eigenvalue weighted by atomic mass is 10.0. The largest absolute Gasteiger partial charge is 0.383 e. The van der Waals surface area contributed by atoms with Crippen LogP contribution in [0.1, 0.15) is 22.7 Å². The molecule has 25 heavy (non-hydrogen) atoms. The van der Waals surface area contributed by atoms with Gasteiger partial charge in [0.25, 0.3) is 0 Å². The fraction of sp³-hybridized carbons (Fsp3) is 0.556. The first-order chi connectivity index (χ1) is 12.2. The molecule has 0 unspecified atom stereocenters. The summed E-state index contributed by atoms with van der Waals surface area (Å²) in [4.78, 5) is 20.3. The van der Waals surface area contributed by atoms with Crippen molar-refractivity contribution in [2.75, 3.05) is 26.8 Å². The number of amides is 1. The summed E-state index contributed by atoms with van der Waals surface area (Å²) >= 11 is 1.71. The summed E-state index contributed by atoms with van der Waals surface area (Å²) in [6, 6.07) is 4.26. The quantitative estimate of drug-likeness (QED) is 0.766. The summed E-state index contributed by atoms with van der Waals surface area (Å²) in [5.74, 6) is 0.399. The molecule has 0 bridgehead atoms. The Morgan fingerprint density at radius 1 is 1.48 bits per heavy atom. The van der Waals surface area contributed by atoms with Gasteiger partial charge in [0, 0.05) is 63.0 Å². The highest BCUT2D eigenvalue weighted by atomic mass is 32.1. The third kappa shape index (κ3) is 4.90. The zero-order valence-corrected chi connectivity index (χ0v) is 15.7. The van der Waals surface area contributed by atoms with Crippen LogP contribution in [-0.2, 0) is 29.2 Å². The van der Waals surface area contributed by atoms with Crippen LogP contribution in [0.5, 0.6) is 0 Å².